The molecule has 7 heteroatoms. The summed E-state index contributed by atoms with van der Waals surface area (Å²) in [5.41, 5.74) is 3.02. The molecule has 4 atom stereocenters. The van der Waals surface area contributed by atoms with E-state index in [-0.39, 0.29) is 30.7 Å². The molecule has 2 bridgehead atoms. The number of carbonyl (C=O) groups excluding carboxylic acids is 1. The fourth-order valence-electron chi connectivity index (χ4n) is 4.88. The van der Waals surface area contributed by atoms with Crippen LogP contribution in [-0.4, -0.2) is 41.0 Å². The molecule has 152 valence electrons. The molecule has 0 amide bonds. The molecule has 29 heavy (non-hydrogen) atoms. The summed E-state index contributed by atoms with van der Waals surface area (Å²) in [6.07, 6.45) is 0.751. The van der Waals surface area contributed by atoms with Crippen LogP contribution in [0.2, 0.25) is 0 Å². The lowest BCUT2D eigenvalue weighted by molar-refractivity contribution is -0.113. The van der Waals surface area contributed by atoms with Crippen LogP contribution in [0.15, 0.2) is 24.3 Å². The van der Waals surface area contributed by atoms with E-state index in [2.05, 4.69) is 0 Å². The Morgan fingerprint density at radius 3 is 2.17 bits per heavy atom. The third-order valence-corrected chi connectivity index (χ3v) is 6.16. The summed E-state index contributed by atoms with van der Waals surface area (Å²) >= 11 is 0. The highest BCUT2D eigenvalue weighted by molar-refractivity contribution is 5.64. The quantitative estimate of drug-likeness (QED) is 0.717. The van der Waals surface area contributed by atoms with Crippen LogP contribution in [-0.2, 0) is 9.53 Å². The molecular formula is C22H22O7. The van der Waals surface area contributed by atoms with Gasteiger partial charge in [-0.15, -0.1) is 0 Å². The fourth-order valence-corrected chi connectivity index (χ4v) is 4.88. The van der Waals surface area contributed by atoms with Crippen molar-refractivity contribution in [3.63, 3.8) is 0 Å². The molecule has 2 aromatic rings. The van der Waals surface area contributed by atoms with Crippen molar-refractivity contribution in [1.29, 1.82) is 0 Å². The number of hydrogen-bond donors (Lipinski definition) is 0. The lowest BCUT2D eigenvalue weighted by Gasteiger charge is -2.35. The summed E-state index contributed by atoms with van der Waals surface area (Å²) in [5.74, 6) is 2.78. The normalized spacial score (nSPS) is 26.0. The van der Waals surface area contributed by atoms with Crippen LogP contribution in [0.25, 0.3) is 0 Å². The molecule has 0 aromatic heterocycles. The standard InChI is InChI=1S/C22H22O7/c1-24-18-4-11(5-19(25-2)22(18)26-3)20-12-6-16-17(29-10-28-16)7-13(12)21-14(8-23)15(20)9-27-21/h4-8,14-15,20-21H,9-10H2,1-3H3/t14-,15+,20+,21-/m0/s1. The molecule has 3 aliphatic rings. The third-order valence-electron chi connectivity index (χ3n) is 6.16. The zero-order valence-corrected chi connectivity index (χ0v) is 16.5. The molecule has 0 spiro atoms. The zero-order chi connectivity index (χ0) is 20.1. The molecule has 2 aromatic carbocycles. The van der Waals surface area contributed by atoms with Gasteiger partial charge in [0.2, 0.25) is 12.5 Å². The van der Waals surface area contributed by atoms with Gasteiger partial charge in [-0.1, -0.05) is 0 Å². The van der Waals surface area contributed by atoms with Crippen molar-refractivity contribution in [2.45, 2.75) is 12.0 Å². The van der Waals surface area contributed by atoms with Gasteiger partial charge in [-0.3, -0.25) is 0 Å². The molecule has 2 heterocycles. The van der Waals surface area contributed by atoms with E-state index in [4.69, 9.17) is 28.4 Å². The number of benzene rings is 2. The number of aldehydes is 1. The summed E-state index contributed by atoms with van der Waals surface area (Å²) < 4.78 is 33.8. The first-order chi connectivity index (χ1) is 14.2. The van der Waals surface area contributed by atoms with Gasteiger partial charge >= 0.3 is 0 Å². The van der Waals surface area contributed by atoms with Gasteiger partial charge in [-0.25, -0.2) is 0 Å². The number of carbonyl (C=O) groups is 1. The predicted octanol–water partition coefficient (Wildman–Crippen LogP) is 3.09. The van der Waals surface area contributed by atoms with Crippen LogP contribution in [0, 0.1) is 11.8 Å². The lowest BCUT2D eigenvalue weighted by atomic mass is 9.67. The van der Waals surface area contributed by atoms with Crippen molar-refractivity contribution >= 4 is 6.29 Å². The number of rotatable bonds is 5. The van der Waals surface area contributed by atoms with Gasteiger partial charge < -0.3 is 33.2 Å². The molecule has 1 fully saturated rings. The second-order valence-electron chi connectivity index (χ2n) is 7.40. The van der Waals surface area contributed by atoms with Gasteiger partial charge in [-0.05, 0) is 41.0 Å². The first-order valence-electron chi connectivity index (χ1n) is 9.50. The molecule has 2 aliphatic heterocycles. The molecule has 1 aliphatic carbocycles. The summed E-state index contributed by atoms with van der Waals surface area (Å²) in [5, 5.41) is 0. The van der Waals surface area contributed by atoms with Crippen molar-refractivity contribution in [3.05, 3.63) is 41.0 Å². The maximum absolute atomic E-state index is 12.0. The van der Waals surface area contributed by atoms with E-state index >= 15 is 0 Å². The Morgan fingerprint density at radius 2 is 1.59 bits per heavy atom. The summed E-state index contributed by atoms with van der Waals surface area (Å²) in [6, 6.07) is 7.86. The van der Waals surface area contributed by atoms with Gasteiger partial charge in [0.05, 0.1) is 40.0 Å². The average Bonchev–Trinajstić information content (AvgIpc) is 3.35. The lowest BCUT2D eigenvalue weighted by Crippen LogP contribution is -2.29. The summed E-state index contributed by atoms with van der Waals surface area (Å²) in [7, 11) is 4.77. The van der Waals surface area contributed by atoms with E-state index in [1.807, 2.05) is 24.3 Å². The maximum Gasteiger partial charge on any atom is 0.231 e. The third kappa shape index (κ3) is 2.57. The van der Waals surface area contributed by atoms with E-state index in [0.29, 0.717) is 35.4 Å². The molecule has 5 rings (SSSR count). The Balaban J connectivity index is 1.72. The minimum atomic E-state index is -0.264. The van der Waals surface area contributed by atoms with Crippen LogP contribution in [0.5, 0.6) is 28.7 Å². The minimum Gasteiger partial charge on any atom is -0.493 e. The van der Waals surface area contributed by atoms with Crippen molar-refractivity contribution in [1.82, 2.24) is 0 Å². The Kier molecular flexibility index (Phi) is 4.28. The maximum atomic E-state index is 12.0. The predicted molar refractivity (Wildman–Crippen MR) is 102 cm³/mol. The number of methoxy groups -OCH3 is 3. The summed E-state index contributed by atoms with van der Waals surface area (Å²) in [6.45, 7) is 0.690. The molecule has 0 N–H and O–H groups in total. The van der Waals surface area contributed by atoms with Gasteiger partial charge in [0, 0.05) is 11.8 Å². The Bertz CT molecular complexity index is 945. The topological polar surface area (TPSA) is 72.5 Å². The second-order valence-corrected chi connectivity index (χ2v) is 7.40. The van der Waals surface area contributed by atoms with Crippen LogP contribution in [0.1, 0.15) is 28.7 Å². The van der Waals surface area contributed by atoms with Crippen molar-refractivity contribution in [2.75, 3.05) is 34.7 Å². The van der Waals surface area contributed by atoms with Crippen LogP contribution in [0.3, 0.4) is 0 Å². The van der Waals surface area contributed by atoms with Crippen molar-refractivity contribution < 1.29 is 33.2 Å². The Hall–Kier alpha value is -2.93. The van der Waals surface area contributed by atoms with Crippen molar-refractivity contribution in [3.8, 4) is 28.7 Å². The smallest absolute Gasteiger partial charge is 0.231 e. The van der Waals surface area contributed by atoms with E-state index in [1.165, 1.54) is 0 Å². The van der Waals surface area contributed by atoms with Crippen LogP contribution >= 0.6 is 0 Å². The monoisotopic (exact) mass is 398 g/mol. The fraction of sp³-hybridized carbons (Fsp3) is 0.409. The van der Waals surface area contributed by atoms with E-state index in [1.54, 1.807) is 21.3 Å². The molecule has 0 unspecified atom stereocenters. The Labute approximate surface area is 168 Å². The second kappa shape index (κ2) is 6.84. The first-order valence-corrected chi connectivity index (χ1v) is 9.50. The summed E-state index contributed by atoms with van der Waals surface area (Å²) in [4.78, 5) is 12.0. The van der Waals surface area contributed by atoms with E-state index in [0.717, 1.165) is 23.0 Å². The molecule has 1 saturated heterocycles. The van der Waals surface area contributed by atoms with Gasteiger partial charge in [0.25, 0.3) is 0 Å². The van der Waals surface area contributed by atoms with E-state index in [9.17, 15) is 4.79 Å². The number of ether oxygens (including phenoxy) is 6. The van der Waals surface area contributed by atoms with Gasteiger partial charge in [0.15, 0.2) is 23.0 Å². The first kappa shape index (κ1) is 18.1. The van der Waals surface area contributed by atoms with Gasteiger partial charge in [-0.2, -0.15) is 0 Å². The van der Waals surface area contributed by atoms with E-state index < -0.39 is 0 Å². The molecule has 0 saturated carbocycles. The highest BCUT2D eigenvalue weighted by Gasteiger charge is 2.50. The molecule has 0 radical (unpaired) electrons. The van der Waals surface area contributed by atoms with Gasteiger partial charge in [0.1, 0.15) is 6.29 Å². The number of hydrogen-bond acceptors (Lipinski definition) is 7. The SMILES string of the molecule is COc1cc([C@@H]2c3cc4c(cc3[C@@H]3OC[C@@H]2[C@@H]3C=O)OCO4)cc(OC)c1OC. The average molecular weight is 398 g/mol. The number of fused-ring (bicyclic) bond motifs is 5. The zero-order valence-electron chi connectivity index (χ0n) is 16.5. The minimum absolute atomic E-state index is 0.00757. The molecular weight excluding hydrogens is 376 g/mol. The van der Waals surface area contributed by atoms with Crippen LogP contribution in [0.4, 0.5) is 0 Å². The highest BCUT2D eigenvalue weighted by atomic mass is 16.7. The van der Waals surface area contributed by atoms with Crippen molar-refractivity contribution in [2.24, 2.45) is 11.8 Å². The Morgan fingerprint density at radius 1 is 0.931 bits per heavy atom. The molecule has 7 nitrogen and oxygen atoms in total. The van der Waals surface area contributed by atoms with Crippen LogP contribution < -0.4 is 23.7 Å². The highest BCUT2D eigenvalue weighted by Crippen LogP contribution is 2.57. The largest absolute Gasteiger partial charge is 0.493 e.